The molecule has 0 saturated carbocycles. The van der Waals surface area contributed by atoms with E-state index in [-0.39, 0.29) is 11.8 Å². The summed E-state index contributed by atoms with van der Waals surface area (Å²) in [7, 11) is 1.61. The Labute approximate surface area is 193 Å². The van der Waals surface area contributed by atoms with Crippen molar-refractivity contribution in [2.24, 2.45) is 0 Å². The Hall–Kier alpha value is -3.86. The molecule has 2 heterocycles. The molecule has 2 aliphatic heterocycles. The molecule has 3 aromatic rings. The van der Waals surface area contributed by atoms with Crippen LogP contribution >= 0.6 is 0 Å². The van der Waals surface area contributed by atoms with Gasteiger partial charge in [-0.1, -0.05) is 54.1 Å². The smallest absolute Gasteiger partial charge is 0.282 e. The molecule has 5 nitrogen and oxygen atoms in total. The van der Waals surface area contributed by atoms with E-state index in [2.05, 4.69) is 17.0 Å². The molecular formula is C28H26N2O3. The van der Waals surface area contributed by atoms with Crippen molar-refractivity contribution >= 4 is 23.1 Å². The number of carbonyl (C=O) groups is 2. The van der Waals surface area contributed by atoms with Gasteiger partial charge in [-0.2, -0.15) is 0 Å². The van der Waals surface area contributed by atoms with Crippen LogP contribution in [-0.4, -0.2) is 30.4 Å². The highest BCUT2D eigenvalue weighted by molar-refractivity contribution is 6.45. The van der Waals surface area contributed by atoms with Crippen molar-refractivity contribution < 1.29 is 14.3 Å². The Kier molecular flexibility index (Phi) is 5.25. The van der Waals surface area contributed by atoms with Crippen LogP contribution in [0.25, 0.3) is 5.57 Å². The van der Waals surface area contributed by atoms with Gasteiger partial charge in [0.15, 0.2) is 0 Å². The molecule has 5 heteroatoms. The molecule has 166 valence electrons. The molecule has 0 N–H and O–H groups in total. The highest BCUT2D eigenvalue weighted by Crippen LogP contribution is 2.38. The lowest BCUT2D eigenvalue weighted by Gasteiger charge is -2.31. The van der Waals surface area contributed by atoms with Crippen LogP contribution in [-0.2, 0) is 22.6 Å². The fourth-order valence-corrected chi connectivity index (χ4v) is 4.79. The monoisotopic (exact) mass is 438 g/mol. The Bertz CT molecular complexity index is 1290. The maximum atomic E-state index is 13.9. The van der Waals surface area contributed by atoms with Gasteiger partial charge in [-0.15, -0.1) is 0 Å². The van der Waals surface area contributed by atoms with Crippen LogP contribution in [0.15, 0.2) is 72.4 Å². The Morgan fingerprint density at radius 1 is 0.848 bits per heavy atom. The summed E-state index contributed by atoms with van der Waals surface area (Å²) in [6, 6.07) is 21.4. The number of ether oxygens (including phenoxy) is 1. The number of aryl methyl sites for hydroxylation is 2. The molecule has 0 unspecified atom stereocenters. The zero-order valence-electron chi connectivity index (χ0n) is 19.1. The molecule has 0 atom stereocenters. The lowest BCUT2D eigenvalue weighted by Crippen LogP contribution is -2.37. The first kappa shape index (κ1) is 21.0. The van der Waals surface area contributed by atoms with Crippen LogP contribution in [0.2, 0.25) is 0 Å². The van der Waals surface area contributed by atoms with Crippen molar-refractivity contribution in [3.8, 4) is 5.75 Å². The summed E-state index contributed by atoms with van der Waals surface area (Å²) in [5, 5.41) is 0. The van der Waals surface area contributed by atoms with Gasteiger partial charge >= 0.3 is 0 Å². The van der Waals surface area contributed by atoms with E-state index in [9.17, 15) is 9.59 Å². The minimum absolute atomic E-state index is 0.267. The van der Waals surface area contributed by atoms with Crippen molar-refractivity contribution in [1.82, 2.24) is 4.90 Å². The zero-order valence-corrected chi connectivity index (χ0v) is 19.1. The summed E-state index contributed by atoms with van der Waals surface area (Å²) in [5.74, 6) is 0.152. The number of benzene rings is 3. The topological polar surface area (TPSA) is 49.9 Å². The highest BCUT2D eigenvalue weighted by Gasteiger charge is 2.43. The van der Waals surface area contributed by atoms with Gasteiger partial charge in [0.05, 0.1) is 18.4 Å². The fraction of sp³-hybridized carbons (Fsp3) is 0.214. The third-order valence-corrected chi connectivity index (χ3v) is 6.48. The summed E-state index contributed by atoms with van der Waals surface area (Å²) in [5.41, 5.74) is 6.74. The largest absolute Gasteiger partial charge is 0.497 e. The lowest BCUT2D eigenvalue weighted by atomic mass is 9.98. The summed E-state index contributed by atoms with van der Waals surface area (Å²) in [6.07, 6.45) is 0.834. The van der Waals surface area contributed by atoms with E-state index in [1.54, 1.807) is 7.11 Å². The first-order valence-electron chi connectivity index (χ1n) is 11.1. The van der Waals surface area contributed by atoms with Crippen LogP contribution in [0.1, 0.15) is 27.8 Å². The van der Waals surface area contributed by atoms with Crippen molar-refractivity contribution in [2.45, 2.75) is 26.8 Å². The summed E-state index contributed by atoms with van der Waals surface area (Å²) in [6.45, 7) is 5.23. The second kappa shape index (κ2) is 8.24. The van der Waals surface area contributed by atoms with Crippen LogP contribution in [0.4, 0.5) is 5.69 Å². The standard InChI is InChI=1S/C28H26N2O3/c1-18-8-13-24(19(2)16-18)30-27(31)25(21-9-11-23(33-3)12-10-21)26(28(30)32)29-15-14-20-6-4-5-7-22(20)17-29/h4-13,16H,14-15,17H2,1-3H3. The van der Waals surface area contributed by atoms with Crippen molar-refractivity contribution in [1.29, 1.82) is 0 Å². The number of amides is 2. The number of methoxy groups -OCH3 is 1. The number of imide groups is 1. The van der Waals surface area contributed by atoms with E-state index in [0.717, 1.165) is 23.1 Å². The van der Waals surface area contributed by atoms with Gasteiger partial charge in [-0.3, -0.25) is 9.59 Å². The molecule has 2 amide bonds. The molecule has 0 saturated heterocycles. The SMILES string of the molecule is COc1ccc(C2=C(N3CCc4ccccc4C3)C(=O)N(c3ccc(C)cc3C)C2=O)cc1. The van der Waals surface area contributed by atoms with Gasteiger partial charge in [-0.05, 0) is 60.7 Å². The Morgan fingerprint density at radius 3 is 2.27 bits per heavy atom. The average molecular weight is 439 g/mol. The van der Waals surface area contributed by atoms with E-state index in [1.165, 1.54) is 16.0 Å². The number of hydrogen-bond acceptors (Lipinski definition) is 4. The molecule has 3 aromatic carbocycles. The van der Waals surface area contributed by atoms with E-state index in [1.807, 2.05) is 68.4 Å². The van der Waals surface area contributed by atoms with E-state index < -0.39 is 0 Å². The predicted octanol–water partition coefficient (Wildman–Crippen LogP) is 4.65. The Morgan fingerprint density at radius 2 is 1.58 bits per heavy atom. The predicted molar refractivity (Wildman–Crippen MR) is 129 cm³/mol. The molecule has 0 spiro atoms. The van der Waals surface area contributed by atoms with Gasteiger partial charge in [0.1, 0.15) is 11.4 Å². The zero-order chi connectivity index (χ0) is 23.1. The molecule has 2 aliphatic rings. The number of hydrogen-bond donors (Lipinski definition) is 0. The van der Waals surface area contributed by atoms with Crippen molar-refractivity contribution in [3.05, 3.63) is 100 Å². The maximum absolute atomic E-state index is 13.9. The molecule has 0 radical (unpaired) electrons. The summed E-state index contributed by atoms with van der Waals surface area (Å²) < 4.78 is 5.29. The molecule has 0 bridgehead atoms. The number of rotatable bonds is 4. The van der Waals surface area contributed by atoms with Gasteiger partial charge in [0.25, 0.3) is 11.8 Å². The number of nitrogens with zero attached hydrogens (tertiary/aromatic N) is 2. The maximum Gasteiger partial charge on any atom is 0.282 e. The quantitative estimate of drug-likeness (QED) is 0.556. The molecule has 0 aromatic heterocycles. The molecule has 33 heavy (non-hydrogen) atoms. The summed E-state index contributed by atoms with van der Waals surface area (Å²) in [4.78, 5) is 31.0. The van der Waals surface area contributed by atoms with E-state index >= 15 is 0 Å². The third-order valence-electron chi connectivity index (χ3n) is 6.48. The van der Waals surface area contributed by atoms with Crippen LogP contribution in [0.3, 0.4) is 0 Å². The van der Waals surface area contributed by atoms with Gasteiger partial charge < -0.3 is 9.64 Å². The number of fused-ring (bicyclic) bond motifs is 1. The lowest BCUT2D eigenvalue weighted by molar-refractivity contribution is -0.120. The van der Waals surface area contributed by atoms with Crippen LogP contribution in [0, 0.1) is 13.8 Å². The number of anilines is 1. The molecule has 5 rings (SSSR count). The number of carbonyl (C=O) groups excluding carboxylic acids is 2. The summed E-state index contributed by atoms with van der Waals surface area (Å²) >= 11 is 0. The second-order valence-corrected chi connectivity index (χ2v) is 8.63. The van der Waals surface area contributed by atoms with Crippen LogP contribution < -0.4 is 9.64 Å². The van der Waals surface area contributed by atoms with Crippen molar-refractivity contribution in [2.75, 3.05) is 18.6 Å². The highest BCUT2D eigenvalue weighted by atomic mass is 16.5. The molecule has 0 aliphatic carbocycles. The minimum Gasteiger partial charge on any atom is -0.497 e. The van der Waals surface area contributed by atoms with E-state index in [0.29, 0.717) is 35.8 Å². The Balaban J connectivity index is 1.63. The van der Waals surface area contributed by atoms with Gasteiger partial charge in [-0.25, -0.2) is 4.90 Å². The minimum atomic E-state index is -0.286. The molecule has 0 fully saturated rings. The average Bonchev–Trinajstić information content (AvgIpc) is 3.09. The second-order valence-electron chi connectivity index (χ2n) is 8.63. The third kappa shape index (κ3) is 3.59. The van der Waals surface area contributed by atoms with Gasteiger partial charge in [0.2, 0.25) is 0 Å². The normalized spacial score (nSPS) is 15.8. The van der Waals surface area contributed by atoms with E-state index in [4.69, 9.17) is 4.74 Å². The fourth-order valence-electron chi connectivity index (χ4n) is 4.79. The van der Waals surface area contributed by atoms with Gasteiger partial charge in [0, 0.05) is 13.1 Å². The first-order valence-corrected chi connectivity index (χ1v) is 11.1. The van der Waals surface area contributed by atoms with Crippen molar-refractivity contribution in [3.63, 3.8) is 0 Å². The molecular weight excluding hydrogens is 412 g/mol. The van der Waals surface area contributed by atoms with Crippen LogP contribution in [0.5, 0.6) is 5.75 Å². The first-order chi connectivity index (χ1) is 16.0.